The Labute approximate surface area is 180 Å². The number of hydrogen-bond acceptors (Lipinski definition) is 7. The predicted octanol–water partition coefficient (Wildman–Crippen LogP) is 3.25. The molecule has 0 bridgehead atoms. The molecule has 1 aromatic carbocycles. The number of nitrogens with two attached hydrogens (primary N) is 1. The second-order valence-electron chi connectivity index (χ2n) is 5.38. The second-order valence-corrected chi connectivity index (χ2v) is 8.08. The Kier molecular flexibility index (Phi) is 11.4. The molecule has 0 aliphatic carbocycles. The van der Waals surface area contributed by atoms with Crippen molar-refractivity contribution in [2.24, 2.45) is 5.50 Å². The first-order valence-corrected chi connectivity index (χ1v) is 11.1. The minimum atomic E-state index is -3.57. The zero-order valence-electron chi connectivity index (χ0n) is 16.4. The first kappa shape index (κ1) is 25.6. The van der Waals surface area contributed by atoms with Crippen LogP contribution in [0.4, 0.5) is 0 Å². The maximum atomic E-state index is 12.4. The van der Waals surface area contributed by atoms with Crippen molar-refractivity contribution in [3.05, 3.63) is 30.0 Å². The van der Waals surface area contributed by atoms with E-state index in [4.69, 9.17) is 52.2 Å². The summed E-state index contributed by atoms with van der Waals surface area (Å²) in [5.74, 6) is 0.622. The van der Waals surface area contributed by atoms with Crippen molar-refractivity contribution >= 4 is 36.8 Å². The molecular formula is C17H25Cl2N2O7P. The van der Waals surface area contributed by atoms with E-state index in [1.165, 1.54) is 44.2 Å². The van der Waals surface area contributed by atoms with Crippen LogP contribution in [0.2, 0.25) is 0 Å². The van der Waals surface area contributed by atoms with E-state index in [1.807, 2.05) is 0 Å². The molecule has 0 saturated heterocycles. The summed E-state index contributed by atoms with van der Waals surface area (Å²) >= 11 is 11.3. The van der Waals surface area contributed by atoms with E-state index < -0.39 is 13.6 Å². The Bertz CT molecular complexity index is 717. The van der Waals surface area contributed by atoms with Crippen molar-refractivity contribution in [2.45, 2.75) is 0 Å². The van der Waals surface area contributed by atoms with Crippen LogP contribution in [0.3, 0.4) is 0 Å². The third-order valence-corrected chi connectivity index (χ3v) is 5.67. The largest absolute Gasteiger partial charge is 0.496 e. The maximum absolute atomic E-state index is 12.4. The molecule has 0 aliphatic heterocycles. The molecule has 1 aromatic rings. The second kappa shape index (κ2) is 13.0. The van der Waals surface area contributed by atoms with E-state index >= 15 is 0 Å². The molecule has 9 nitrogen and oxygen atoms in total. The van der Waals surface area contributed by atoms with Gasteiger partial charge in [-0.3, -0.25) is 4.57 Å². The number of alkyl halides is 2. The molecule has 0 aromatic heterocycles. The Morgan fingerprint density at radius 3 is 2.10 bits per heavy atom. The molecule has 0 aliphatic rings. The standard InChI is InChI=1S/C17H25Cl2N2O7P/c1-24-13-11-14(25-2)16(15(12-13)26-3)17(22)27-9-4-10-28-29(20,23)21(7-5-18)8-6-19/h4,9,11-12H,5-8,10H2,1-3H3,(H2,20,23). The van der Waals surface area contributed by atoms with Crippen molar-refractivity contribution in [3.8, 4) is 17.2 Å². The molecule has 1 unspecified atom stereocenters. The summed E-state index contributed by atoms with van der Waals surface area (Å²) in [6.07, 6.45) is 2.44. The topological polar surface area (TPSA) is 110 Å². The molecule has 1 rings (SSSR count). The van der Waals surface area contributed by atoms with Crippen molar-refractivity contribution in [1.82, 2.24) is 4.67 Å². The summed E-state index contributed by atoms with van der Waals surface area (Å²) in [4.78, 5) is 12.4. The number of carbonyl (C=O) groups is 1. The van der Waals surface area contributed by atoms with Crippen LogP contribution < -0.4 is 19.7 Å². The molecule has 164 valence electrons. The highest BCUT2D eigenvalue weighted by molar-refractivity contribution is 7.53. The van der Waals surface area contributed by atoms with Crippen LogP contribution in [0.25, 0.3) is 0 Å². The van der Waals surface area contributed by atoms with Gasteiger partial charge in [-0.05, 0) is 6.08 Å². The fourth-order valence-corrected chi connectivity index (χ4v) is 4.10. The number of halogens is 2. The number of esters is 1. The number of nitrogens with zero attached hydrogens (tertiary/aromatic N) is 1. The fourth-order valence-electron chi connectivity index (χ4n) is 2.23. The lowest BCUT2D eigenvalue weighted by Crippen LogP contribution is -2.29. The first-order valence-electron chi connectivity index (χ1n) is 8.41. The van der Waals surface area contributed by atoms with Gasteiger partial charge in [-0.2, -0.15) is 0 Å². The Balaban J connectivity index is 2.76. The van der Waals surface area contributed by atoms with Gasteiger partial charge in [0.05, 0.1) is 34.2 Å². The van der Waals surface area contributed by atoms with Gasteiger partial charge >= 0.3 is 13.6 Å². The highest BCUT2D eigenvalue weighted by Crippen LogP contribution is 2.42. The molecule has 1 atom stereocenters. The Morgan fingerprint density at radius 2 is 1.66 bits per heavy atom. The van der Waals surface area contributed by atoms with Crippen LogP contribution in [0.15, 0.2) is 24.5 Å². The SMILES string of the molecule is COc1cc(OC)c(C(=O)OC=CCOP(N)(=O)N(CCCl)CCCl)c(OC)c1. The fraction of sp³-hybridized carbons (Fsp3) is 0.471. The lowest BCUT2D eigenvalue weighted by atomic mass is 10.1. The number of hydrogen-bond donors (Lipinski definition) is 1. The van der Waals surface area contributed by atoms with E-state index in [0.717, 1.165) is 6.26 Å². The van der Waals surface area contributed by atoms with E-state index in [-0.39, 0.29) is 48.5 Å². The molecule has 2 N–H and O–H groups in total. The molecule has 0 fully saturated rings. The zero-order valence-corrected chi connectivity index (χ0v) is 18.8. The van der Waals surface area contributed by atoms with Gasteiger partial charge in [-0.1, -0.05) is 0 Å². The van der Waals surface area contributed by atoms with Crippen LogP contribution in [0.5, 0.6) is 17.2 Å². The van der Waals surface area contributed by atoms with Gasteiger partial charge < -0.3 is 23.5 Å². The van der Waals surface area contributed by atoms with Crippen molar-refractivity contribution in [3.63, 3.8) is 0 Å². The normalized spacial score (nSPS) is 13.3. The molecule has 0 heterocycles. The van der Waals surface area contributed by atoms with Crippen molar-refractivity contribution < 1.29 is 32.8 Å². The summed E-state index contributed by atoms with van der Waals surface area (Å²) in [5, 5.41) is 0. The zero-order chi connectivity index (χ0) is 21.9. The minimum Gasteiger partial charge on any atom is -0.496 e. The monoisotopic (exact) mass is 470 g/mol. The molecule has 0 spiro atoms. The Morgan fingerprint density at radius 1 is 1.10 bits per heavy atom. The molecule has 29 heavy (non-hydrogen) atoms. The van der Waals surface area contributed by atoms with Gasteiger partial charge in [0, 0.05) is 37.0 Å². The lowest BCUT2D eigenvalue weighted by Gasteiger charge is -2.25. The summed E-state index contributed by atoms with van der Waals surface area (Å²) in [6.45, 7) is 0.370. The average Bonchev–Trinajstić information content (AvgIpc) is 2.71. The van der Waals surface area contributed by atoms with E-state index in [1.54, 1.807) is 0 Å². The number of rotatable bonds is 13. The average molecular weight is 471 g/mol. The van der Waals surface area contributed by atoms with Crippen LogP contribution in [-0.2, 0) is 13.8 Å². The van der Waals surface area contributed by atoms with Crippen LogP contribution in [0.1, 0.15) is 10.4 Å². The summed E-state index contributed by atoms with van der Waals surface area (Å²) in [5.41, 5.74) is 5.81. The Hall–Kier alpha value is -1.48. The van der Waals surface area contributed by atoms with Gasteiger partial charge in [0.25, 0.3) is 0 Å². The van der Waals surface area contributed by atoms with Gasteiger partial charge in [0.1, 0.15) is 22.8 Å². The molecule has 12 heteroatoms. The smallest absolute Gasteiger partial charge is 0.350 e. The van der Waals surface area contributed by atoms with Gasteiger partial charge in [-0.25, -0.2) is 15.0 Å². The van der Waals surface area contributed by atoms with E-state index in [9.17, 15) is 9.36 Å². The lowest BCUT2D eigenvalue weighted by molar-refractivity contribution is 0.0654. The number of benzene rings is 1. The minimum absolute atomic E-state index is 0.0845. The van der Waals surface area contributed by atoms with Crippen molar-refractivity contribution in [2.75, 3.05) is 52.8 Å². The summed E-state index contributed by atoms with van der Waals surface area (Å²) in [6, 6.07) is 3.05. The number of carbonyl (C=O) groups excluding carboxylic acids is 1. The van der Waals surface area contributed by atoms with E-state index in [0.29, 0.717) is 5.75 Å². The first-order chi connectivity index (χ1) is 13.8. The summed E-state index contributed by atoms with van der Waals surface area (Å²) in [7, 11) is 0.713. The molecule has 0 amide bonds. The summed E-state index contributed by atoms with van der Waals surface area (Å²) < 4.78 is 39.6. The maximum Gasteiger partial charge on any atom is 0.350 e. The van der Waals surface area contributed by atoms with Crippen LogP contribution in [0, 0.1) is 0 Å². The quantitative estimate of drug-likeness (QED) is 0.201. The number of methoxy groups -OCH3 is 3. The molecule has 0 radical (unpaired) electrons. The third kappa shape index (κ3) is 7.70. The van der Waals surface area contributed by atoms with Crippen LogP contribution >= 0.6 is 30.9 Å². The van der Waals surface area contributed by atoms with E-state index in [2.05, 4.69) is 0 Å². The number of ether oxygens (including phenoxy) is 4. The highest BCUT2D eigenvalue weighted by atomic mass is 35.5. The molecular weight excluding hydrogens is 446 g/mol. The predicted molar refractivity (Wildman–Crippen MR) is 111 cm³/mol. The molecule has 0 saturated carbocycles. The van der Waals surface area contributed by atoms with Crippen LogP contribution in [-0.4, -0.2) is 63.4 Å². The van der Waals surface area contributed by atoms with Gasteiger partial charge in [0.2, 0.25) is 0 Å². The van der Waals surface area contributed by atoms with Gasteiger partial charge in [0.15, 0.2) is 0 Å². The highest BCUT2D eigenvalue weighted by Gasteiger charge is 2.26. The third-order valence-electron chi connectivity index (χ3n) is 3.63. The van der Waals surface area contributed by atoms with Crippen molar-refractivity contribution in [1.29, 1.82) is 0 Å². The van der Waals surface area contributed by atoms with Gasteiger partial charge in [-0.15, -0.1) is 23.2 Å².